The number of rotatable bonds is 3. The number of benzene rings is 1. The second kappa shape index (κ2) is 5.46. The molecule has 0 spiro atoms. The first-order chi connectivity index (χ1) is 10.5. The largest absolute Gasteiger partial charge is 0.292 e. The molecule has 0 amide bonds. The second-order valence-corrected chi connectivity index (χ2v) is 6.28. The minimum Gasteiger partial charge on any atom is -0.292 e. The van der Waals surface area contributed by atoms with Crippen LogP contribution in [0, 0.1) is 19.7 Å². The summed E-state index contributed by atoms with van der Waals surface area (Å²) in [6.45, 7) is 3.65. The maximum atomic E-state index is 13.2. The third-order valence-corrected chi connectivity index (χ3v) is 4.73. The van der Waals surface area contributed by atoms with E-state index in [-0.39, 0.29) is 23.5 Å². The lowest BCUT2D eigenvalue weighted by molar-refractivity contribution is 0.0970. The first-order valence-corrected chi connectivity index (χ1v) is 7.53. The van der Waals surface area contributed by atoms with E-state index in [1.165, 1.54) is 46.5 Å². The highest BCUT2D eigenvalue weighted by molar-refractivity contribution is 7.18. The predicted molar refractivity (Wildman–Crippen MR) is 84.1 cm³/mol. The minimum atomic E-state index is -0.476. The van der Waals surface area contributed by atoms with Crippen molar-refractivity contribution in [1.29, 1.82) is 0 Å². The average molecular weight is 316 g/mol. The molecule has 0 aliphatic heterocycles. The van der Waals surface area contributed by atoms with Gasteiger partial charge in [0.1, 0.15) is 10.6 Å². The van der Waals surface area contributed by atoms with Gasteiger partial charge in [0.2, 0.25) is 0 Å². The first-order valence-electron chi connectivity index (χ1n) is 6.71. The Kier molecular flexibility index (Phi) is 3.62. The standard InChI is InChI=1S/C16H13FN2O2S/c1-9-10(2)22-15-14(9)16(21)19(8-18-15)7-13(20)11-4-3-5-12(17)6-11/h3-6,8H,7H2,1-2H3. The molecule has 3 aromatic rings. The zero-order chi connectivity index (χ0) is 15.9. The highest BCUT2D eigenvalue weighted by Gasteiger charge is 2.14. The third-order valence-electron chi connectivity index (χ3n) is 3.62. The summed E-state index contributed by atoms with van der Waals surface area (Å²) in [6.07, 6.45) is 1.37. The summed E-state index contributed by atoms with van der Waals surface area (Å²) < 4.78 is 14.5. The smallest absolute Gasteiger partial charge is 0.262 e. The van der Waals surface area contributed by atoms with Crippen molar-refractivity contribution in [3.8, 4) is 0 Å². The second-order valence-electron chi connectivity index (χ2n) is 5.07. The summed E-state index contributed by atoms with van der Waals surface area (Å²) in [4.78, 5) is 30.6. The van der Waals surface area contributed by atoms with Crippen molar-refractivity contribution in [2.45, 2.75) is 20.4 Å². The fourth-order valence-electron chi connectivity index (χ4n) is 2.29. The van der Waals surface area contributed by atoms with E-state index in [1.54, 1.807) is 0 Å². The van der Waals surface area contributed by atoms with Crippen molar-refractivity contribution in [3.63, 3.8) is 0 Å². The minimum absolute atomic E-state index is 0.153. The molecule has 4 nitrogen and oxygen atoms in total. The van der Waals surface area contributed by atoms with Gasteiger partial charge >= 0.3 is 0 Å². The Labute approximate surface area is 129 Å². The van der Waals surface area contributed by atoms with Crippen LogP contribution in [0.3, 0.4) is 0 Å². The number of nitrogens with zero attached hydrogens (tertiary/aromatic N) is 2. The maximum Gasteiger partial charge on any atom is 0.262 e. The molecule has 0 saturated heterocycles. The number of fused-ring (bicyclic) bond motifs is 1. The molecular formula is C16H13FN2O2S. The summed E-state index contributed by atoms with van der Waals surface area (Å²) in [5.74, 6) is -0.802. The molecule has 0 radical (unpaired) electrons. The van der Waals surface area contributed by atoms with E-state index >= 15 is 0 Å². The maximum absolute atomic E-state index is 13.2. The van der Waals surface area contributed by atoms with E-state index in [2.05, 4.69) is 4.98 Å². The summed E-state index contributed by atoms with van der Waals surface area (Å²) in [6, 6.07) is 5.44. The fourth-order valence-corrected chi connectivity index (χ4v) is 3.28. The van der Waals surface area contributed by atoms with Crippen LogP contribution in [0.25, 0.3) is 10.2 Å². The van der Waals surface area contributed by atoms with Crippen molar-refractivity contribution >= 4 is 27.3 Å². The van der Waals surface area contributed by atoms with Gasteiger partial charge < -0.3 is 0 Å². The van der Waals surface area contributed by atoms with E-state index in [4.69, 9.17) is 0 Å². The molecule has 0 unspecified atom stereocenters. The Morgan fingerprint density at radius 2 is 2.14 bits per heavy atom. The van der Waals surface area contributed by atoms with E-state index in [0.717, 1.165) is 10.4 Å². The molecule has 22 heavy (non-hydrogen) atoms. The van der Waals surface area contributed by atoms with E-state index in [1.807, 2.05) is 13.8 Å². The normalized spacial score (nSPS) is 11.0. The lowest BCUT2D eigenvalue weighted by Crippen LogP contribution is -2.24. The van der Waals surface area contributed by atoms with Gasteiger partial charge in [0.25, 0.3) is 5.56 Å². The number of hydrogen-bond acceptors (Lipinski definition) is 4. The number of aromatic nitrogens is 2. The van der Waals surface area contributed by atoms with Crippen LogP contribution in [-0.2, 0) is 6.54 Å². The molecule has 0 saturated carbocycles. The number of thiophene rings is 1. The average Bonchev–Trinajstić information content (AvgIpc) is 2.78. The molecule has 0 aliphatic rings. The lowest BCUT2D eigenvalue weighted by Gasteiger charge is -2.05. The number of Topliss-reactive ketones (excluding diaryl/α,β-unsaturated/α-hetero) is 1. The highest BCUT2D eigenvalue weighted by atomic mass is 32.1. The number of carbonyl (C=O) groups is 1. The zero-order valence-corrected chi connectivity index (χ0v) is 12.9. The van der Waals surface area contributed by atoms with Gasteiger partial charge in [-0.2, -0.15) is 0 Å². The number of ketones is 1. The quantitative estimate of drug-likeness (QED) is 0.698. The van der Waals surface area contributed by atoms with Crippen molar-refractivity contribution in [2.75, 3.05) is 0 Å². The van der Waals surface area contributed by atoms with Gasteiger partial charge in [-0.1, -0.05) is 12.1 Å². The highest BCUT2D eigenvalue weighted by Crippen LogP contribution is 2.25. The van der Waals surface area contributed by atoms with Gasteiger partial charge in [-0.05, 0) is 31.5 Å². The molecule has 0 fully saturated rings. The molecule has 0 atom stereocenters. The molecule has 112 valence electrons. The Bertz CT molecular complexity index is 943. The summed E-state index contributed by atoms with van der Waals surface area (Å²) >= 11 is 1.46. The van der Waals surface area contributed by atoms with Crippen LogP contribution in [0.4, 0.5) is 4.39 Å². The molecular weight excluding hydrogens is 303 g/mol. The van der Waals surface area contributed by atoms with E-state index < -0.39 is 5.82 Å². The fraction of sp³-hybridized carbons (Fsp3) is 0.188. The molecule has 2 heterocycles. The summed E-state index contributed by atoms with van der Waals surface area (Å²) in [7, 11) is 0. The first kappa shape index (κ1) is 14.6. The van der Waals surface area contributed by atoms with Crippen molar-refractivity contribution in [1.82, 2.24) is 9.55 Å². The Balaban J connectivity index is 2.01. The van der Waals surface area contributed by atoms with Gasteiger partial charge in [-0.25, -0.2) is 9.37 Å². The zero-order valence-electron chi connectivity index (χ0n) is 12.1. The van der Waals surface area contributed by atoms with Gasteiger partial charge in [0, 0.05) is 10.4 Å². The number of hydrogen-bond donors (Lipinski definition) is 0. The topological polar surface area (TPSA) is 52.0 Å². The van der Waals surface area contributed by atoms with E-state index in [9.17, 15) is 14.0 Å². The summed E-state index contributed by atoms with van der Waals surface area (Å²) in [5, 5.41) is 0.553. The van der Waals surface area contributed by atoms with Crippen LogP contribution >= 0.6 is 11.3 Å². The number of aryl methyl sites for hydroxylation is 2. The SMILES string of the molecule is Cc1sc2ncn(CC(=O)c3cccc(F)c3)c(=O)c2c1C. The summed E-state index contributed by atoms with van der Waals surface area (Å²) in [5.41, 5.74) is 0.895. The van der Waals surface area contributed by atoms with Crippen LogP contribution in [0.2, 0.25) is 0 Å². The van der Waals surface area contributed by atoms with Crippen molar-refractivity contribution in [3.05, 3.63) is 62.8 Å². The van der Waals surface area contributed by atoms with Crippen LogP contribution < -0.4 is 5.56 Å². The van der Waals surface area contributed by atoms with Crippen molar-refractivity contribution < 1.29 is 9.18 Å². The molecule has 0 aliphatic carbocycles. The number of halogens is 1. The van der Waals surface area contributed by atoms with Gasteiger partial charge in [-0.15, -0.1) is 11.3 Å². The molecule has 2 aromatic heterocycles. The van der Waals surface area contributed by atoms with Crippen molar-refractivity contribution in [2.24, 2.45) is 0 Å². The third kappa shape index (κ3) is 2.46. The predicted octanol–water partition coefficient (Wildman–Crippen LogP) is 3.10. The molecule has 3 rings (SSSR count). The lowest BCUT2D eigenvalue weighted by atomic mass is 10.1. The molecule has 1 aromatic carbocycles. The van der Waals surface area contributed by atoms with E-state index in [0.29, 0.717) is 10.2 Å². The molecule has 0 N–H and O–H groups in total. The van der Waals surface area contributed by atoms with Crippen LogP contribution in [0.15, 0.2) is 35.4 Å². The van der Waals surface area contributed by atoms with Gasteiger partial charge in [0.15, 0.2) is 5.78 Å². The van der Waals surface area contributed by atoms with Crippen LogP contribution in [0.5, 0.6) is 0 Å². The van der Waals surface area contributed by atoms with Crippen LogP contribution in [-0.4, -0.2) is 15.3 Å². The Morgan fingerprint density at radius 3 is 2.86 bits per heavy atom. The molecule has 0 bridgehead atoms. The van der Waals surface area contributed by atoms with Gasteiger partial charge in [-0.3, -0.25) is 14.2 Å². The number of carbonyl (C=O) groups excluding carboxylic acids is 1. The Hall–Kier alpha value is -2.34. The monoisotopic (exact) mass is 316 g/mol. The molecule has 6 heteroatoms. The van der Waals surface area contributed by atoms with Gasteiger partial charge in [0.05, 0.1) is 18.3 Å². The Morgan fingerprint density at radius 1 is 1.36 bits per heavy atom. The van der Waals surface area contributed by atoms with Crippen LogP contribution in [0.1, 0.15) is 20.8 Å².